The molecule has 0 radical (unpaired) electrons. The van der Waals surface area contributed by atoms with E-state index in [0.717, 1.165) is 41.9 Å². The number of nitrogens with zero attached hydrogens (tertiary/aromatic N) is 4. The van der Waals surface area contributed by atoms with E-state index >= 15 is 0 Å². The number of likely N-dealkylation sites (tertiary alicyclic amines) is 1. The molecular formula is C21H24N4O. The van der Waals surface area contributed by atoms with E-state index in [4.69, 9.17) is 0 Å². The zero-order chi connectivity index (χ0) is 17.9. The molecule has 1 aliphatic rings. The molecule has 5 nitrogen and oxygen atoms in total. The number of fused-ring (bicyclic) bond motifs is 1. The molecule has 1 fully saturated rings. The van der Waals surface area contributed by atoms with Gasteiger partial charge in [0.1, 0.15) is 5.65 Å². The Balaban J connectivity index is 1.60. The number of hydrogen-bond acceptors (Lipinski definition) is 3. The third-order valence-corrected chi connectivity index (χ3v) is 5.14. The summed E-state index contributed by atoms with van der Waals surface area (Å²) in [6.45, 7) is 4.62. The molecular weight excluding hydrogens is 324 g/mol. The number of pyridine rings is 2. The maximum absolute atomic E-state index is 12.7. The Bertz CT molecular complexity index is 903. The topological polar surface area (TPSA) is 51.0 Å². The summed E-state index contributed by atoms with van der Waals surface area (Å²) in [6.07, 6.45) is 6.42. The smallest absolute Gasteiger partial charge is 0.224 e. The number of rotatable bonds is 4. The summed E-state index contributed by atoms with van der Waals surface area (Å²) in [5.74, 6) is 0.840. The van der Waals surface area contributed by atoms with E-state index in [2.05, 4.69) is 33.6 Å². The minimum Gasteiger partial charge on any atom is -0.342 e. The Labute approximate surface area is 153 Å². The summed E-state index contributed by atoms with van der Waals surface area (Å²) in [5, 5.41) is 1.08. The summed E-state index contributed by atoms with van der Waals surface area (Å²) in [4.78, 5) is 23.7. The highest BCUT2D eigenvalue weighted by Crippen LogP contribution is 2.26. The van der Waals surface area contributed by atoms with Crippen LogP contribution >= 0.6 is 0 Å². The lowest BCUT2D eigenvalue weighted by Gasteiger charge is -2.31. The van der Waals surface area contributed by atoms with Crippen LogP contribution in [-0.2, 0) is 11.3 Å². The van der Waals surface area contributed by atoms with Crippen LogP contribution in [0, 0.1) is 5.92 Å². The third kappa shape index (κ3) is 3.34. The molecule has 0 aliphatic carbocycles. The van der Waals surface area contributed by atoms with Crippen molar-refractivity contribution in [3.8, 4) is 11.4 Å². The molecule has 4 rings (SSSR count). The molecule has 134 valence electrons. The zero-order valence-corrected chi connectivity index (χ0v) is 15.1. The van der Waals surface area contributed by atoms with Crippen molar-refractivity contribution >= 4 is 16.9 Å². The van der Waals surface area contributed by atoms with E-state index in [0.29, 0.717) is 18.9 Å². The second-order valence-corrected chi connectivity index (χ2v) is 7.15. The van der Waals surface area contributed by atoms with E-state index in [-0.39, 0.29) is 5.91 Å². The second-order valence-electron chi connectivity index (χ2n) is 7.15. The van der Waals surface area contributed by atoms with Crippen LogP contribution in [-0.4, -0.2) is 38.4 Å². The quantitative estimate of drug-likeness (QED) is 0.721. The molecule has 1 aliphatic heterocycles. The lowest BCUT2D eigenvalue weighted by molar-refractivity contribution is -0.133. The predicted octanol–water partition coefficient (Wildman–Crippen LogP) is 3.75. The van der Waals surface area contributed by atoms with Crippen molar-refractivity contribution in [3.05, 3.63) is 48.8 Å². The highest BCUT2D eigenvalue weighted by Gasteiger charge is 2.21. The largest absolute Gasteiger partial charge is 0.342 e. The highest BCUT2D eigenvalue weighted by molar-refractivity contribution is 5.84. The summed E-state index contributed by atoms with van der Waals surface area (Å²) in [6, 6.07) is 12.0. The first-order chi connectivity index (χ1) is 12.7. The van der Waals surface area contributed by atoms with Gasteiger partial charge >= 0.3 is 0 Å². The van der Waals surface area contributed by atoms with Gasteiger partial charge in [-0.05, 0) is 49.1 Å². The van der Waals surface area contributed by atoms with Crippen LogP contribution in [0.15, 0.2) is 48.8 Å². The number of carbonyl (C=O) groups excluding carboxylic acids is 1. The number of amides is 1. The van der Waals surface area contributed by atoms with Crippen molar-refractivity contribution in [2.75, 3.05) is 13.1 Å². The van der Waals surface area contributed by atoms with Gasteiger partial charge in [0.25, 0.3) is 0 Å². The lowest BCUT2D eigenvalue weighted by Crippen LogP contribution is -2.39. The van der Waals surface area contributed by atoms with Gasteiger partial charge in [0.15, 0.2) is 0 Å². The van der Waals surface area contributed by atoms with Crippen LogP contribution < -0.4 is 0 Å². The molecule has 1 amide bonds. The van der Waals surface area contributed by atoms with Gasteiger partial charge in [-0.1, -0.05) is 13.0 Å². The van der Waals surface area contributed by atoms with Gasteiger partial charge in [-0.15, -0.1) is 0 Å². The first-order valence-electron chi connectivity index (χ1n) is 9.36. The van der Waals surface area contributed by atoms with Crippen molar-refractivity contribution in [2.45, 2.75) is 32.7 Å². The maximum Gasteiger partial charge on any atom is 0.224 e. The molecule has 5 heteroatoms. The number of hydrogen-bond donors (Lipinski definition) is 0. The predicted molar refractivity (Wildman–Crippen MR) is 103 cm³/mol. The molecule has 1 saturated heterocycles. The summed E-state index contributed by atoms with van der Waals surface area (Å²) >= 11 is 0. The van der Waals surface area contributed by atoms with Crippen molar-refractivity contribution in [3.63, 3.8) is 0 Å². The Morgan fingerprint density at radius 3 is 2.88 bits per heavy atom. The van der Waals surface area contributed by atoms with Crippen LogP contribution in [0.5, 0.6) is 0 Å². The van der Waals surface area contributed by atoms with Crippen LogP contribution in [0.1, 0.15) is 26.2 Å². The average molecular weight is 348 g/mol. The van der Waals surface area contributed by atoms with Crippen LogP contribution in [0.3, 0.4) is 0 Å². The number of aryl methyl sites for hydroxylation is 1. The van der Waals surface area contributed by atoms with E-state index in [1.807, 2.05) is 29.2 Å². The van der Waals surface area contributed by atoms with Gasteiger partial charge in [-0.2, -0.15) is 0 Å². The molecule has 0 aromatic carbocycles. The number of carbonyl (C=O) groups is 1. The van der Waals surface area contributed by atoms with E-state index in [9.17, 15) is 4.79 Å². The molecule has 0 N–H and O–H groups in total. The molecule has 3 aromatic heterocycles. The second kappa shape index (κ2) is 7.28. The fraction of sp³-hybridized carbons (Fsp3) is 0.381. The summed E-state index contributed by atoms with van der Waals surface area (Å²) in [5.41, 5.74) is 2.83. The Morgan fingerprint density at radius 2 is 2.08 bits per heavy atom. The Morgan fingerprint density at radius 1 is 1.19 bits per heavy atom. The number of aromatic nitrogens is 3. The van der Waals surface area contributed by atoms with Crippen molar-refractivity contribution < 1.29 is 4.79 Å². The Hall–Kier alpha value is -2.69. The number of piperidine rings is 1. The fourth-order valence-corrected chi connectivity index (χ4v) is 3.82. The first kappa shape index (κ1) is 16.8. The van der Waals surface area contributed by atoms with Crippen LogP contribution in [0.4, 0.5) is 0 Å². The minimum absolute atomic E-state index is 0.237. The van der Waals surface area contributed by atoms with Crippen molar-refractivity contribution in [2.24, 2.45) is 5.92 Å². The maximum atomic E-state index is 12.7. The summed E-state index contributed by atoms with van der Waals surface area (Å²) in [7, 11) is 0. The van der Waals surface area contributed by atoms with Crippen molar-refractivity contribution in [1.82, 2.24) is 19.4 Å². The van der Waals surface area contributed by atoms with Crippen molar-refractivity contribution in [1.29, 1.82) is 0 Å². The zero-order valence-electron chi connectivity index (χ0n) is 15.1. The third-order valence-electron chi connectivity index (χ3n) is 5.14. The van der Waals surface area contributed by atoms with Gasteiger partial charge in [0.05, 0.1) is 11.4 Å². The minimum atomic E-state index is 0.237. The highest BCUT2D eigenvalue weighted by atomic mass is 16.2. The fourth-order valence-electron chi connectivity index (χ4n) is 3.82. The molecule has 0 bridgehead atoms. The standard InChI is InChI=1S/C21H24N4O/c1-16-6-5-12-24(15-16)20(26)9-13-25-19(18-8-2-3-10-22-18)14-17-7-4-11-23-21(17)25/h2-4,7-8,10-11,14,16H,5-6,9,12-13,15H2,1H3/t16-/m1/s1. The molecule has 26 heavy (non-hydrogen) atoms. The first-order valence-corrected chi connectivity index (χ1v) is 9.36. The molecule has 0 saturated carbocycles. The van der Waals surface area contributed by atoms with Gasteiger partial charge in [-0.25, -0.2) is 4.98 Å². The van der Waals surface area contributed by atoms with E-state index in [1.165, 1.54) is 6.42 Å². The molecule has 4 heterocycles. The van der Waals surface area contributed by atoms with Gasteiger partial charge in [0.2, 0.25) is 5.91 Å². The van der Waals surface area contributed by atoms with E-state index in [1.54, 1.807) is 12.4 Å². The van der Waals surface area contributed by atoms with Gasteiger partial charge in [-0.3, -0.25) is 9.78 Å². The average Bonchev–Trinajstić information content (AvgIpc) is 3.05. The molecule has 3 aromatic rings. The van der Waals surface area contributed by atoms with Crippen LogP contribution in [0.2, 0.25) is 0 Å². The monoisotopic (exact) mass is 348 g/mol. The van der Waals surface area contributed by atoms with E-state index < -0.39 is 0 Å². The lowest BCUT2D eigenvalue weighted by atomic mass is 10.00. The normalized spacial score (nSPS) is 17.6. The van der Waals surface area contributed by atoms with Gasteiger partial charge in [0, 0.05) is 43.8 Å². The molecule has 0 spiro atoms. The SMILES string of the molecule is C[C@@H]1CCCN(C(=O)CCn2c(-c3ccccn3)cc3cccnc32)C1. The molecule has 1 atom stereocenters. The summed E-state index contributed by atoms with van der Waals surface area (Å²) < 4.78 is 2.13. The molecule has 0 unspecified atom stereocenters. The van der Waals surface area contributed by atoms with Gasteiger partial charge < -0.3 is 9.47 Å². The van der Waals surface area contributed by atoms with Crippen LogP contribution in [0.25, 0.3) is 22.4 Å². The Kier molecular flexibility index (Phi) is 4.69.